The number of aliphatic hydroxyl groups excluding tert-OH is 2. The predicted molar refractivity (Wildman–Crippen MR) is 135 cm³/mol. The van der Waals surface area contributed by atoms with E-state index in [9.17, 15) is 34.8 Å². The number of carbonyl (C=O) groups is 3. The lowest BCUT2D eigenvalue weighted by Gasteiger charge is -2.53. The molecule has 6 N–H and O–H groups in total. The van der Waals surface area contributed by atoms with E-state index < -0.39 is 58.7 Å². The van der Waals surface area contributed by atoms with Crippen molar-refractivity contribution in [3.05, 3.63) is 51.8 Å². The molecule has 200 valence electrons. The van der Waals surface area contributed by atoms with Crippen molar-refractivity contribution in [1.29, 1.82) is 0 Å². The number of aromatic hydroxyl groups is 1. The van der Waals surface area contributed by atoms with Gasteiger partial charge in [0.15, 0.2) is 17.2 Å². The van der Waals surface area contributed by atoms with Crippen molar-refractivity contribution in [2.45, 2.75) is 37.1 Å². The van der Waals surface area contributed by atoms with Crippen molar-refractivity contribution in [2.75, 3.05) is 27.7 Å². The Balaban J connectivity index is 1.88. The molecule has 2 unspecified atom stereocenters. The highest BCUT2D eigenvalue weighted by Crippen LogP contribution is 2.53. The van der Waals surface area contributed by atoms with Crippen LogP contribution in [0.4, 0.5) is 0 Å². The Morgan fingerprint density at radius 2 is 1.95 bits per heavy atom. The molecular formula is C26H32ClN3O7. The first-order chi connectivity index (χ1) is 17.3. The number of likely N-dealkylation sites (N-methyl/N-ethyl adjacent to an activating group) is 2. The van der Waals surface area contributed by atoms with Gasteiger partial charge < -0.3 is 31.1 Å². The van der Waals surface area contributed by atoms with E-state index >= 15 is 0 Å². The zero-order valence-corrected chi connectivity index (χ0v) is 21.7. The van der Waals surface area contributed by atoms with Gasteiger partial charge in [-0.2, -0.15) is 0 Å². The monoisotopic (exact) mass is 533 g/mol. The van der Waals surface area contributed by atoms with Gasteiger partial charge in [-0.25, -0.2) is 0 Å². The third-order valence-corrected chi connectivity index (χ3v) is 8.34. The zero-order valence-electron chi connectivity index (χ0n) is 20.9. The number of carbonyl (C=O) groups excluding carboxylic acids is 3. The van der Waals surface area contributed by atoms with Crippen LogP contribution in [0.2, 0.25) is 5.02 Å². The van der Waals surface area contributed by atoms with Crippen molar-refractivity contribution in [3.63, 3.8) is 0 Å². The minimum Gasteiger partial charge on any atom is -0.508 e. The summed E-state index contributed by atoms with van der Waals surface area (Å²) in [6.45, 7) is 4.47. The minimum absolute atomic E-state index is 0.0408. The Bertz CT molecular complexity index is 1230. The fourth-order valence-electron chi connectivity index (χ4n) is 6.38. The summed E-state index contributed by atoms with van der Waals surface area (Å²) in [5.74, 6) is -7.68. The van der Waals surface area contributed by atoms with Crippen molar-refractivity contribution in [1.82, 2.24) is 9.80 Å². The first-order valence-electron chi connectivity index (χ1n) is 12.0. The third-order valence-electron chi connectivity index (χ3n) is 8.00. The third kappa shape index (κ3) is 3.98. The molecule has 0 aliphatic heterocycles. The second-order valence-corrected chi connectivity index (χ2v) is 10.9. The summed E-state index contributed by atoms with van der Waals surface area (Å²) in [5.41, 5.74) is 3.29. The number of halogens is 1. The number of rotatable bonds is 6. The molecule has 0 saturated heterocycles. The topological polar surface area (TPSA) is 165 Å². The number of ketones is 2. The van der Waals surface area contributed by atoms with E-state index in [2.05, 4.69) is 6.58 Å². The molecule has 3 aliphatic rings. The van der Waals surface area contributed by atoms with Crippen LogP contribution in [0.3, 0.4) is 0 Å². The predicted octanol–water partition coefficient (Wildman–Crippen LogP) is 0.557. The molecule has 0 bridgehead atoms. The summed E-state index contributed by atoms with van der Waals surface area (Å²) in [5, 5.41) is 45.3. The second-order valence-electron chi connectivity index (χ2n) is 10.5. The number of fused-ring (bicyclic) bond motifs is 3. The molecule has 6 atom stereocenters. The number of amides is 1. The lowest BCUT2D eigenvalue weighted by Crippen LogP contribution is -2.71. The van der Waals surface area contributed by atoms with Crippen molar-refractivity contribution in [3.8, 4) is 5.75 Å². The smallest absolute Gasteiger partial charge is 0.230 e. The first-order valence-corrected chi connectivity index (χ1v) is 12.4. The van der Waals surface area contributed by atoms with E-state index in [-0.39, 0.29) is 41.3 Å². The maximum atomic E-state index is 13.8. The van der Waals surface area contributed by atoms with Crippen LogP contribution in [0.5, 0.6) is 5.75 Å². The summed E-state index contributed by atoms with van der Waals surface area (Å²) < 4.78 is 0. The van der Waals surface area contributed by atoms with Crippen LogP contribution in [0.25, 0.3) is 0 Å². The highest BCUT2D eigenvalue weighted by Gasteiger charge is 2.66. The summed E-state index contributed by atoms with van der Waals surface area (Å²) in [7, 11) is 5.02. The van der Waals surface area contributed by atoms with E-state index in [0.29, 0.717) is 17.7 Å². The summed E-state index contributed by atoms with van der Waals surface area (Å²) in [4.78, 5) is 42.7. The standard InChI is InChI=1S/C26H32ClN3O7/c1-5-6-30(4)10-12-9-15(27)13-7-11-8-14-19(29(2)3)22(33)18(25(28)36)24(35)26(14,37)23(34)16(11)21(32)17(13)20(12)31/h5,9,11,14,18-19,22,31,33-34,37H,1,6-8,10H2,2-4H3,(H2,28,36)/t11-,14-,18?,19+,22?,26-/m0/s1. The van der Waals surface area contributed by atoms with Gasteiger partial charge in [0.2, 0.25) is 5.91 Å². The fourth-order valence-corrected chi connectivity index (χ4v) is 6.68. The van der Waals surface area contributed by atoms with Crippen LogP contribution < -0.4 is 5.73 Å². The second kappa shape index (κ2) is 9.52. The average molecular weight is 534 g/mol. The maximum Gasteiger partial charge on any atom is 0.230 e. The lowest BCUT2D eigenvalue weighted by molar-refractivity contribution is -0.178. The number of aliphatic hydroxyl groups is 3. The molecule has 1 aromatic rings. The van der Waals surface area contributed by atoms with Gasteiger partial charge in [-0.15, -0.1) is 6.58 Å². The molecule has 0 heterocycles. The molecule has 37 heavy (non-hydrogen) atoms. The molecule has 1 aromatic carbocycles. The van der Waals surface area contributed by atoms with Crippen molar-refractivity contribution < 1.29 is 34.8 Å². The van der Waals surface area contributed by atoms with E-state index in [0.717, 1.165) is 0 Å². The molecule has 4 rings (SSSR count). The molecule has 1 amide bonds. The zero-order chi connectivity index (χ0) is 27.6. The lowest BCUT2D eigenvalue weighted by atomic mass is 9.56. The number of benzene rings is 1. The van der Waals surface area contributed by atoms with Gasteiger partial charge in [0.05, 0.1) is 11.7 Å². The SMILES string of the molecule is C=CCN(C)Cc1cc(Cl)c2c(c1O)C(=O)C1=C(O)[C@]3(O)C(=O)C(C(N)=O)C(O)[C@H](N(C)C)[C@@H]3C[C@@H]1C2. The Morgan fingerprint density at radius 1 is 1.30 bits per heavy atom. The molecule has 0 aromatic heterocycles. The maximum absolute atomic E-state index is 13.8. The van der Waals surface area contributed by atoms with Crippen LogP contribution in [-0.4, -0.2) is 93.1 Å². The van der Waals surface area contributed by atoms with Gasteiger partial charge in [-0.1, -0.05) is 17.7 Å². The van der Waals surface area contributed by atoms with Crippen molar-refractivity contribution in [2.24, 2.45) is 23.5 Å². The number of nitrogens with two attached hydrogens (primary N) is 1. The first kappa shape index (κ1) is 27.3. The molecule has 11 heteroatoms. The largest absolute Gasteiger partial charge is 0.508 e. The van der Waals surface area contributed by atoms with Crippen LogP contribution in [0.1, 0.15) is 27.9 Å². The van der Waals surface area contributed by atoms with Crippen LogP contribution >= 0.6 is 11.6 Å². The molecule has 1 saturated carbocycles. The molecule has 10 nitrogen and oxygen atoms in total. The molecule has 0 spiro atoms. The Kier molecular flexibility index (Phi) is 7.02. The van der Waals surface area contributed by atoms with E-state index in [4.69, 9.17) is 17.3 Å². The van der Waals surface area contributed by atoms with Crippen LogP contribution in [-0.2, 0) is 22.6 Å². The number of hydrogen-bond acceptors (Lipinski definition) is 9. The number of phenols is 1. The quantitative estimate of drug-likeness (QED) is 0.259. The van der Waals surface area contributed by atoms with Crippen LogP contribution in [0, 0.1) is 17.8 Å². The van der Waals surface area contributed by atoms with Crippen molar-refractivity contribution >= 4 is 29.1 Å². The highest BCUT2D eigenvalue weighted by molar-refractivity contribution is 6.32. The number of nitrogens with zero attached hydrogens (tertiary/aromatic N) is 2. The number of hydrogen-bond donors (Lipinski definition) is 5. The van der Waals surface area contributed by atoms with Gasteiger partial charge >= 0.3 is 0 Å². The summed E-state index contributed by atoms with van der Waals surface area (Å²) >= 11 is 6.57. The average Bonchev–Trinajstić information content (AvgIpc) is 2.79. The summed E-state index contributed by atoms with van der Waals surface area (Å²) in [6.07, 6.45) is 0.368. The molecule has 3 aliphatic carbocycles. The van der Waals surface area contributed by atoms with Gasteiger partial charge in [0.1, 0.15) is 17.4 Å². The minimum atomic E-state index is -2.62. The molecule has 1 fully saturated rings. The molecular weight excluding hydrogens is 502 g/mol. The van der Waals surface area contributed by atoms with Gasteiger partial charge in [-0.3, -0.25) is 19.3 Å². The number of phenolic OH excluding ortho intramolecular Hbond substituents is 1. The van der Waals surface area contributed by atoms with Gasteiger partial charge in [0.25, 0.3) is 0 Å². The highest BCUT2D eigenvalue weighted by atomic mass is 35.5. The fraction of sp³-hybridized carbons (Fsp3) is 0.500. The Morgan fingerprint density at radius 3 is 2.51 bits per heavy atom. The van der Waals surface area contributed by atoms with E-state index in [1.807, 2.05) is 4.90 Å². The van der Waals surface area contributed by atoms with E-state index in [1.165, 1.54) is 0 Å². The normalized spacial score (nSPS) is 31.3. The number of allylic oxidation sites excluding steroid dienone is 1. The Labute approximate surface area is 219 Å². The Hall–Kier alpha value is -2.76. The number of primary amides is 1. The van der Waals surface area contributed by atoms with Crippen LogP contribution in [0.15, 0.2) is 30.1 Å². The summed E-state index contributed by atoms with van der Waals surface area (Å²) in [6, 6.07) is 0.677. The van der Waals surface area contributed by atoms with Gasteiger partial charge in [0, 0.05) is 41.2 Å². The molecule has 0 radical (unpaired) electrons. The number of Topliss-reactive ketones (excluding diaryl/α,β-unsaturated/α-hetero) is 2. The van der Waals surface area contributed by atoms with E-state index in [1.54, 1.807) is 38.2 Å². The van der Waals surface area contributed by atoms with Gasteiger partial charge in [-0.05, 0) is 51.5 Å².